The van der Waals surface area contributed by atoms with Crippen molar-refractivity contribution >= 4 is 11.3 Å². The maximum absolute atomic E-state index is 4.09. The average Bonchev–Trinajstić information content (AvgIpc) is 2.77. The van der Waals surface area contributed by atoms with Crippen LogP contribution in [-0.4, -0.2) is 32.1 Å². The lowest BCUT2D eigenvalue weighted by Gasteiger charge is -2.12. The minimum Gasteiger partial charge on any atom is -0.347 e. The summed E-state index contributed by atoms with van der Waals surface area (Å²) >= 11 is 1.64. The van der Waals surface area contributed by atoms with Crippen LogP contribution in [0.1, 0.15) is 15.7 Å². The molecule has 80 valence electrons. The van der Waals surface area contributed by atoms with Crippen molar-refractivity contribution in [2.75, 3.05) is 7.05 Å². The van der Waals surface area contributed by atoms with Gasteiger partial charge in [-0.25, -0.2) is 4.98 Å². The Morgan fingerprint density at radius 3 is 2.87 bits per heavy atom. The van der Waals surface area contributed by atoms with E-state index in [4.69, 9.17) is 0 Å². The topological polar surface area (TPSA) is 57.7 Å². The summed E-state index contributed by atoms with van der Waals surface area (Å²) in [7, 11) is 2.05. The fraction of sp³-hybridized carbons (Fsp3) is 0.444. The van der Waals surface area contributed by atoms with E-state index >= 15 is 0 Å². The predicted molar refractivity (Wildman–Crippen MR) is 58.4 cm³/mol. The molecule has 0 bridgehead atoms. The van der Waals surface area contributed by atoms with Crippen molar-refractivity contribution in [2.24, 2.45) is 0 Å². The van der Waals surface area contributed by atoms with Crippen LogP contribution >= 0.6 is 11.3 Å². The SMILES string of the molecule is Cc1nnc(CN(C)Cc2cnc[nH]2)s1. The monoisotopic (exact) mass is 223 g/mol. The van der Waals surface area contributed by atoms with E-state index in [9.17, 15) is 0 Å². The molecular weight excluding hydrogens is 210 g/mol. The number of H-pyrrole nitrogens is 1. The molecule has 0 radical (unpaired) electrons. The quantitative estimate of drug-likeness (QED) is 0.846. The number of hydrogen-bond donors (Lipinski definition) is 1. The molecule has 0 amide bonds. The van der Waals surface area contributed by atoms with Crippen molar-refractivity contribution in [1.82, 2.24) is 25.1 Å². The van der Waals surface area contributed by atoms with Crippen molar-refractivity contribution in [3.05, 3.63) is 28.2 Å². The number of imidazole rings is 1. The van der Waals surface area contributed by atoms with E-state index in [1.54, 1.807) is 17.7 Å². The number of nitrogens with one attached hydrogen (secondary N) is 1. The molecule has 0 atom stereocenters. The minimum atomic E-state index is 0.824. The van der Waals surface area contributed by atoms with E-state index in [1.807, 2.05) is 13.1 Å². The Morgan fingerprint density at radius 1 is 1.40 bits per heavy atom. The third-order valence-corrected chi connectivity index (χ3v) is 2.79. The number of rotatable bonds is 4. The summed E-state index contributed by atoms with van der Waals surface area (Å²) in [5, 5.41) is 10.1. The molecule has 0 aliphatic heterocycles. The summed E-state index contributed by atoms with van der Waals surface area (Å²) in [4.78, 5) is 9.23. The van der Waals surface area contributed by atoms with Gasteiger partial charge in [-0.3, -0.25) is 4.90 Å². The molecule has 0 spiro atoms. The molecule has 0 unspecified atom stereocenters. The largest absolute Gasteiger partial charge is 0.347 e. The Kier molecular flexibility index (Phi) is 3.08. The predicted octanol–water partition coefficient (Wildman–Crippen LogP) is 1.20. The van der Waals surface area contributed by atoms with Gasteiger partial charge in [-0.05, 0) is 14.0 Å². The van der Waals surface area contributed by atoms with Gasteiger partial charge in [-0.1, -0.05) is 0 Å². The second-order valence-corrected chi connectivity index (χ2v) is 4.73. The second-order valence-electron chi connectivity index (χ2n) is 3.46. The molecular formula is C9H13N5S. The van der Waals surface area contributed by atoms with Gasteiger partial charge in [0.25, 0.3) is 0 Å². The fourth-order valence-corrected chi connectivity index (χ4v) is 2.14. The highest BCUT2D eigenvalue weighted by Gasteiger charge is 2.06. The maximum atomic E-state index is 4.09. The van der Waals surface area contributed by atoms with E-state index in [0.29, 0.717) is 0 Å². The number of hydrogen-bond acceptors (Lipinski definition) is 5. The zero-order valence-electron chi connectivity index (χ0n) is 8.77. The Bertz CT molecular complexity index is 408. The first-order valence-electron chi connectivity index (χ1n) is 4.69. The van der Waals surface area contributed by atoms with E-state index in [-0.39, 0.29) is 0 Å². The van der Waals surface area contributed by atoms with Gasteiger partial charge < -0.3 is 4.98 Å². The maximum Gasteiger partial charge on any atom is 0.131 e. The summed E-state index contributed by atoms with van der Waals surface area (Å²) in [6.45, 7) is 3.64. The normalized spacial score (nSPS) is 11.1. The molecule has 0 aromatic carbocycles. The molecule has 6 heteroatoms. The lowest BCUT2D eigenvalue weighted by atomic mass is 10.4. The molecule has 1 N–H and O–H groups in total. The summed E-state index contributed by atoms with van der Waals surface area (Å²) in [5.41, 5.74) is 1.11. The number of aryl methyl sites for hydroxylation is 1. The Morgan fingerprint density at radius 2 is 2.27 bits per heavy atom. The molecule has 15 heavy (non-hydrogen) atoms. The lowest BCUT2D eigenvalue weighted by molar-refractivity contribution is 0.314. The van der Waals surface area contributed by atoms with Gasteiger partial charge in [0.05, 0.1) is 12.9 Å². The molecule has 2 aromatic rings. The van der Waals surface area contributed by atoms with Crippen molar-refractivity contribution in [3.8, 4) is 0 Å². The first kappa shape index (κ1) is 10.3. The van der Waals surface area contributed by atoms with E-state index in [1.165, 1.54) is 0 Å². The third-order valence-electron chi connectivity index (χ3n) is 1.97. The average molecular weight is 223 g/mol. The molecule has 0 saturated heterocycles. The minimum absolute atomic E-state index is 0.824. The van der Waals surface area contributed by atoms with Crippen molar-refractivity contribution in [2.45, 2.75) is 20.0 Å². The van der Waals surface area contributed by atoms with Crippen molar-refractivity contribution in [1.29, 1.82) is 0 Å². The van der Waals surface area contributed by atoms with Gasteiger partial charge in [0.1, 0.15) is 10.0 Å². The molecule has 0 fully saturated rings. The summed E-state index contributed by atoms with van der Waals surface area (Å²) in [6, 6.07) is 0. The van der Waals surface area contributed by atoms with Crippen molar-refractivity contribution in [3.63, 3.8) is 0 Å². The van der Waals surface area contributed by atoms with Gasteiger partial charge in [0.2, 0.25) is 0 Å². The molecule has 0 aliphatic rings. The zero-order valence-corrected chi connectivity index (χ0v) is 9.58. The van der Waals surface area contributed by atoms with Crippen LogP contribution < -0.4 is 0 Å². The number of aromatic amines is 1. The smallest absolute Gasteiger partial charge is 0.131 e. The highest BCUT2D eigenvalue weighted by atomic mass is 32.1. The molecule has 0 saturated carbocycles. The van der Waals surface area contributed by atoms with Gasteiger partial charge in [-0.15, -0.1) is 21.5 Å². The van der Waals surface area contributed by atoms with Crippen LogP contribution in [0, 0.1) is 6.92 Å². The summed E-state index contributed by atoms with van der Waals surface area (Å²) in [5.74, 6) is 0. The van der Waals surface area contributed by atoms with Crippen LogP contribution in [0.4, 0.5) is 0 Å². The lowest BCUT2D eigenvalue weighted by Crippen LogP contribution is -2.17. The van der Waals surface area contributed by atoms with Crippen LogP contribution in [0.5, 0.6) is 0 Å². The molecule has 0 aliphatic carbocycles. The van der Waals surface area contributed by atoms with E-state index in [2.05, 4.69) is 32.1 Å². The first-order valence-corrected chi connectivity index (χ1v) is 5.50. The summed E-state index contributed by atoms with van der Waals surface area (Å²) in [6.07, 6.45) is 3.53. The summed E-state index contributed by atoms with van der Waals surface area (Å²) < 4.78 is 0. The van der Waals surface area contributed by atoms with Gasteiger partial charge >= 0.3 is 0 Å². The van der Waals surface area contributed by atoms with Crippen LogP contribution in [0.15, 0.2) is 12.5 Å². The zero-order chi connectivity index (χ0) is 10.7. The van der Waals surface area contributed by atoms with Gasteiger partial charge in [-0.2, -0.15) is 0 Å². The van der Waals surface area contributed by atoms with Gasteiger partial charge in [0, 0.05) is 18.4 Å². The van der Waals surface area contributed by atoms with Gasteiger partial charge in [0.15, 0.2) is 0 Å². The molecule has 2 heterocycles. The number of nitrogens with zero attached hydrogens (tertiary/aromatic N) is 4. The Balaban J connectivity index is 1.90. The first-order chi connectivity index (χ1) is 7.24. The molecule has 2 rings (SSSR count). The molecule has 2 aromatic heterocycles. The second kappa shape index (κ2) is 4.50. The van der Waals surface area contributed by atoms with Crippen LogP contribution in [-0.2, 0) is 13.1 Å². The standard InChI is InChI=1S/C9H13N5S/c1-7-12-13-9(15-7)5-14(2)4-8-3-10-6-11-8/h3,6H,4-5H2,1-2H3,(H,10,11). The molecule has 5 nitrogen and oxygen atoms in total. The number of aromatic nitrogens is 4. The van der Waals surface area contributed by atoms with E-state index in [0.717, 1.165) is 28.8 Å². The van der Waals surface area contributed by atoms with E-state index < -0.39 is 0 Å². The van der Waals surface area contributed by atoms with Crippen LogP contribution in [0.25, 0.3) is 0 Å². The third kappa shape index (κ3) is 2.84. The highest BCUT2D eigenvalue weighted by Crippen LogP contribution is 2.11. The Labute approximate surface area is 92.2 Å². The fourth-order valence-electron chi connectivity index (χ4n) is 1.35. The Hall–Kier alpha value is -1.27. The van der Waals surface area contributed by atoms with Crippen LogP contribution in [0.3, 0.4) is 0 Å². The van der Waals surface area contributed by atoms with Crippen LogP contribution in [0.2, 0.25) is 0 Å². The highest BCUT2D eigenvalue weighted by molar-refractivity contribution is 7.11. The van der Waals surface area contributed by atoms with Crippen molar-refractivity contribution < 1.29 is 0 Å².